The molecule has 108 valence electrons. The number of rotatable bonds is 3. The van der Waals surface area contributed by atoms with Crippen LogP contribution in [0, 0.1) is 0 Å². The number of nitrogens with zero attached hydrogens (tertiary/aromatic N) is 3. The maximum atomic E-state index is 12.5. The van der Waals surface area contributed by atoms with E-state index in [0.29, 0.717) is 6.54 Å². The summed E-state index contributed by atoms with van der Waals surface area (Å²) in [5.41, 5.74) is 5.05. The van der Waals surface area contributed by atoms with Gasteiger partial charge in [-0.15, -0.1) is 0 Å². The molecule has 2 rings (SSSR count). The van der Waals surface area contributed by atoms with Crippen molar-refractivity contribution in [1.29, 1.82) is 0 Å². The molecule has 2 N–H and O–H groups in total. The first-order chi connectivity index (χ1) is 8.74. The first-order valence-corrected chi connectivity index (χ1v) is 7.54. The van der Waals surface area contributed by atoms with E-state index < -0.39 is 15.6 Å². The van der Waals surface area contributed by atoms with Gasteiger partial charge in [0.15, 0.2) is 5.03 Å². The molecular formula is C11H20N4O3S. The third kappa shape index (κ3) is 2.97. The van der Waals surface area contributed by atoms with Crippen molar-refractivity contribution in [2.24, 2.45) is 12.8 Å². The Bertz CT molecular complexity index is 552. The second-order valence-electron chi connectivity index (χ2n) is 5.41. The maximum Gasteiger partial charge on any atom is 0.262 e. The summed E-state index contributed by atoms with van der Waals surface area (Å²) in [4.78, 5) is 3.92. The van der Waals surface area contributed by atoms with Gasteiger partial charge in [0.1, 0.15) is 0 Å². The van der Waals surface area contributed by atoms with Crippen molar-refractivity contribution < 1.29 is 13.2 Å². The number of nitrogens with two attached hydrogens (primary N) is 1. The van der Waals surface area contributed by atoms with Crippen molar-refractivity contribution in [3.8, 4) is 0 Å². The zero-order valence-corrected chi connectivity index (χ0v) is 12.2. The Morgan fingerprint density at radius 1 is 1.58 bits per heavy atom. The van der Waals surface area contributed by atoms with Crippen LogP contribution in [-0.4, -0.2) is 53.6 Å². The molecule has 7 nitrogen and oxygen atoms in total. The van der Waals surface area contributed by atoms with Crippen LogP contribution in [0.2, 0.25) is 0 Å². The molecule has 1 saturated heterocycles. The van der Waals surface area contributed by atoms with Gasteiger partial charge in [-0.25, -0.2) is 13.4 Å². The molecule has 8 heteroatoms. The van der Waals surface area contributed by atoms with Gasteiger partial charge in [0.2, 0.25) is 0 Å². The topological polar surface area (TPSA) is 90.5 Å². The lowest BCUT2D eigenvalue weighted by atomic mass is 10.1. The number of morpholine rings is 1. The molecule has 1 atom stereocenters. The molecule has 1 aromatic heterocycles. The van der Waals surface area contributed by atoms with E-state index >= 15 is 0 Å². The predicted octanol–water partition coefficient (Wildman–Crippen LogP) is -0.453. The quantitative estimate of drug-likeness (QED) is 0.813. The number of hydrogen-bond acceptors (Lipinski definition) is 5. The Labute approximate surface area is 113 Å². The van der Waals surface area contributed by atoms with E-state index in [0.717, 1.165) is 0 Å². The molecule has 1 unspecified atom stereocenters. The van der Waals surface area contributed by atoms with Crippen molar-refractivity contribution in [2.75, 3.05) is 19.6 Å². The second kappa shape index (κ2) is 4.86. The Morgan fingerprint density at radius 2 is 2.26 bits per heavy atom. The van der Waals surface area contributed by atoms with Gasteiger partial charge in [0.25, 0.3) is 10.0 Å². The Balaban J connectivity index is 2.29. The van der Waals surface area contributed by atoms with E-state index in [1.165, 1.54) is 16.8 Å². The molecule has 1 aliphatic rings. The normalized spacial score (nSPS) is 24.5. The van der Waals surface area contributed by atoms with Crippen molar-refractivity contribution in [3.63, 3.8) is 0 Å². The average Bonchev–Trinajstić information content (AvgIpc) is 2.74. The van der Waals surface area contributed by atoms with Crippen LogP contribution in [-0.2, 0) is 21.8 Å². The summed E-state index contributed by atoms with van der Waals surface area (Å²) in [6.45, 7) is 4.56. The van der Waals surface area contributed by atoms with E-state index in [1.807, 2.05) is 13.8 Å². The van der Waals surface area contributed by atoms with Crippen LogP contribution in [0.25, 0.3) is 0 Å². The minimum absolute atomic E-state index is 0.0588. The van der Waals surface area contributed by atoms with E-state index in [9.17, 15) is 8.42 Å². The zero-order valence-electron chi connectivity index (χ0n) is 11.4. The summed E-state index contributed by atoms with van der Waals surface area (Å²) in [7, 11) is -1.86. The van der Waals surface area contributed by atoms with Crippen molar-refractivity contribution in [2.45, 2.75) is 30.6 Å². The van der Waals surface area contributed by atoms with Crippen LogP contribution in [0.15, 0.2) is 17.6 Å². The number of ether oxygens (including phenoxy) is 1. The molecule has 0 amide bonds. The smallest absolute Gasteiger partial charge is 0.262 e. The van der Waals surface area contributed by atoms with Gasteiger partial charge in [0, 0.05) is 32.9 Å². The molecule has 0 aliphatic carbocycles. The van der Waals surface area contributed by atoms with Gasteiger partial charge < -0.3 is 15.0 Å². The highest BCUT2D eigenvalue weighted by molar-refractivity contribution is 7.89. The zero-order chi connectivity index (χ0) is 14.3. The molecule has 1 fully saturated rings. The lowest BCUT2D eigenvalue weighted by Crippen LogP contribution is -2.56. The van der Waals surface area contributed by atoms with Crippen LogP contribution >= 0.6 is 0 Å². The predicted molar refractivity (Wildman–Crippen MR) is 70.0 cm³/mol. The molecular weight excluding hydrogens is 268 g/mol. The molecule has 0 bridgehead atoms. The summed E-state index contributed by atoms with van der Waals surface area (Å²) in [5, 5.41) is 0.0588. The lowest BCUT2D eigenvalue weighted by Gasteiger charge is -2.41. The molecule has 1 aliphatic heterocycles. The third-order valence-corrected chi connectivity index (χ3v) is 4.70. The highest BCUT2D eigenvalue weighted by atomic mass is 32.2. The fourth-order valence-electron chi connectivity index (χ4n) is 2.20. The van der Waals surface area contributed by atoms with Crippen molar-refractivity contribution in [1.82, 2.24) is 13.9 Å². The van der Waals surface area contributed by atoms with E-state index in [4.69, 9.17) is 10.5 Å². The van der Waals surface area contributed by atoms with E-state index in [-0.39, 0.29) is 24.2 Å². The largest absolute Gasteiger partial charge is 0.368 e. The molecule has 19 heavy (non-hydrogen) atoms. The summed E-state index contributed by atoms with van der Waals surface area (Å²) in [6, 6.07) is 0. The molecule has 0 spiro atoms. The number of imidazole rings is 1. The number of sulfonamides is 1. The first-order valence-electron chi connectivity index (χ1n) is 6.10. The van der Waals surface area contributed by atoms with Crippen LogP contribution < -0.4 is 5.73 Å². The lowest BCUT2D eigenvalue weighted by molar-refractivity contribution is -0.112. The summed E-state index contributed by atoms with van der Waals surface area (Å²) >= 11 is 0. The Hall–Kier alpha value is -0.960. The molecule has 2 heterocycles. The summed E-state index contributed by atoms with van der Waals surface area (Å²) in [6.07, 6.45) is 2.68. The van der Waals surface area contributed by atoms with E-state index in [1.54, 1.807) is 11.6 Å². The standard InChI is InChI=1S/C11H20N4O3S/c1-11(2)7-15(5-9(4-12)18-11)19(16,17)10-6-14(3)8-13-10/h6,8-9H,4-5,7,12H2,1-3H3. The van der Waals surface area contributed by atoms with Gasteiger partial charge in [-0.2, -0.15) is 4.31 Å². The number of aromatic nitrogens is 2. The Kier molecular flexibility index (Phi) is 3.69. The fraction of sp³-hybridized carbons (Fsp3) is 0.727. The van der Waals surface area contributed by atoms with Crippen molar-refractivity contribution in [3.05, 3.63) is 12.5 Å². The van der Waals surface area contributed by atoms with Crippen LogP contribution in [0.4, 0.5) is 0 Å². The molecule has 0 saturated carbocycles. The number of hydrogen-bond donors (Lipinski definition) is 1. The molecule has 0 aromatic carbocycles. The minimum Gasteiger partial charge on any atom is -0.368 e. The van der Waals surface area contributed by atoms with Gasteiger partial charge >= 0.3 is 0 Å². The molecule has 1 aromatic rings. The van der Waals surface area contributed by atoms with Crippen LogP contribution in [0.5, 0.6) is 0 Å². The van der Waals surface area contributed by atoms with Gasteiger partial charge in [-0.1, -0.05) is 0 Å². The molecule has 0 radical (unpaired) electrons. The fourth-order valence-corrected chi connectivity index (χ4v) is 3.79. The number of aryl methyl sites for hydroxylation is 1. The average molecular weight is 288 g/mol. The van der Waals surface area contributed by atoms with Gasteiger partial charge in [-0.3, -0.25) is 0 Å². The van der Waals surface area contributed by atoms with Gasteiger partial charge in [0.05, 0.1) is 18.0 Å². The highest BCUT2D eigenvalue weighted by Gasteiger charge is 2.39. The van der Waals surface area contributed by atoms with Gasteiger partial charge in [-0.05, 0) is 13.8 Å². The minimum atomic E-state index is -3.59. The first kappa shape index (κ1) is 14.4. The van der Waals surface area contributed by atoms with Crippen molar-refractivity contribution >= 4 is 10.0 Å². The highest BCUT2D eigenvalue weighted by Crippen LogP contribution is 2.25. The van der Waals surface area contributed by atoms with E-state index in [2.05, 4.69) is 4.98 Å². The monoisotopic (exact) mass is 288 g/mol. The third-order valence-electron chi connectivity index (χ3n) is 3.00. The Morgan fingerprint density at radius 3 is 2.79 bits per heavy atom. The second-order valence-corrected chi connectivity index (χ2v) is 7.29. The SMILES string of the molecule is Cn1cnc(S(=O)(=O)N2CC(CN)OC(C)(C)C2)c1. The van der Waals surface area contributed by atoms with Crippen LogP contribution in [0.1, 0.15) is 13.8 Å². The van der Waals surface area contributed by atoms with Crippen LogP contribution in [0.3, 0.4) is 0 Å². The summed E-state index contributed by atoms with van der Waals surface area (Å²) in [5.74, 6) is 0. The summed E-state index contributed by atoms with van der Waals surface area (Å²) < 4.78 is 33.7. The maximum absolute atomic E-state index is 12.5.